The number of rotatable bonds is 3. The van der Waals surface area contributed by atoms with E-state index < -0.39 is 0 Å². The molecule has 0 aromatic heterocycles. The lowest BCUT2D eigenvalue weighted by Crippen LogP contribution is -2.44. The fraction of sp³-hybridized carbons (Fsp3) is 0.526. The Labute approximate surface area is 142 Å². The van der Waals surface area contributed by atoms with Gasteiger partial charge in [-0.15, -0.1) is 0 Å². The molecule has 0 saturated heterocycles. The molecular formula is C19H24N2O3. The van der Waals surface area contributed by atoms with Crippen LogP contribution in [0.5, 0.6) is 0 Å². The quantitative estimate of drug-likeness (QED) is 0.517. The van der Waals surface area contributed by atoms with E-state index in [4.69, 9.17) is 0 Å². The van der Waals surface area contributed by atoms with E-state index in [1.165, 1.54) is 6.42 Å². The fourth-order valence-corrected chi connectivity index (χ4v) is 3.80. The molecule has 1 aromatic rings. The number of benzene rings is 1. The van der Waals surface area contributed by atoms with Gasteiger partial charge in [-0.05, 0) is 38.7 Å². The minimum Gasteiger partial charge on any atom is -0.379 e. The number of hydrogen-bond acceptors (Lipinski definition) is 4. The molecule has 0 amide bonds. The molecule has 1 fully saturated rings. The first-order valence-electron chi connectivity index (χ1n) is 8.67. The third kappa shape index (κ3) is 3.50. The van der Waals surface area contributed by atoms with Crippen LogP contribution in [0.3, 0.4) is 0 Å². The first-order chi connectivity index (χ1) is 11.4. The second kappa shape index (κ2) is 6.38. The summed E-state index contributed by atoms with van der Waals surface area (Å²) in [5.41, 5.74) is 2.44. The Hall–Kier alpha value is -2.17. The third-order valence-electron chi connectivity index (χ3n) is 4.99. The van der Waals surface area contributed by atoms with Gasteiger partial charge in [-0.3, -0.25) is 14.9 Å². The van der Waals surface area contributed by atoms with Crippen LogP contribution in [0, 0.1) is 16.0 Å². The van der Waals surface area contributed by atoms with Gasteiger partial charge in [0.2, 0.25) is 0 Å². The average Bonchev–Trinajstić information content (AvgIpc) is 2.54. The zero-order valence-corrected chi connectivity index (χ0v) is 14.3. The number of nitrogens with one attached hydrogen (secondary N) is 1. The SMILES string of the molecule is CC1(C)Cc2ccc([N+](=O)[O-])cc2C(=CC(=O)C2CCCCC2)N1. The summed E-state index contributed by atoms with van der Waals surface area (Å²) in [6, 6.07) is 4.94. The molecule has 0 unspecified atom stereocenters. The lowest BCUT2D eigenvalue weighted by atomic mass is 9.83. The van der Waals surface area contributed by atoms with Gasteiger partial charge in [0, 0.05) is 40.9 Å². The molecule has 0 bridgehead atoms. The summed E-state index contributed by atoms with van der Waals surface area (Å²) >= 11 is 0. The van der Waals surface area contributed by atoms with Crippen molar-refractivity contribution < 1.29 is 9.72 Å². The van der Waals surface area contributed by atoms with Crippen LogP contribution in [0.4, 0.5) is 5.69 Å². The molecular weight excluding hydrogens is 304 g/mol. The van der Waals surface area contributed by atoms with Crippen LogP contribution < -0.4 is 5.32 Å². The van der Waals surface area contributed by atoms with Crippen LogP contribution in [-0.4, -0.2) is 16.2 Å². The van der Waals surface area contributed by atoms with E-state index >= 15 is 0 Å². The Morgan fingerprint density at radius 1 is 1.29 bits per heavy atom. The monoisotopic (exact) mass is 328 g/mol. The summed E-state index contributed by atoms with van der Waals surface area (Å²) in [6.07, 6.45) is 7.79. The molecule has 0 radical (unpaired) electrons. The van der Waals surface area contributed by atoms with E-state index in [0.717, 1.165) is 48.9 Å². The fourth-order valence-electron chi connectivity index (χ4n) is 3.80. The standard InChI is InChI=1S/C19H24N2O3/c1-19(2)12-14-8-9-15(21(23)24)10-16(14)17(20-19)11-18(22)13-6-4-3-5-7-13/h8-11,13,20H,3-7,12H2,1-2H3. The maximum Gasteiger partial charge on any atom is 0.270 e. The number of nitrogens with zero attached hydrogens (tertiary/aromatic N) is 1. The number of carbonyl (C=O) groups is 1. The van der Waals surface area contributed by atoms with Crippen molar-refractivity contribution in [2.24, 2.45) is 5.92 Å². The van der Waals surface area contributed by atoms with Crippen LogP contribution in [0.25, 0.3) is 5.70 Å². The average molecular weight is 328 g/mol. The molecule has 1 N–H and O–H groups in total. The number of non-ortho nitro benzene ring substituents is 1. The van der Waals surface area contributed by atoms with Crippen LogP contribution in [0.1, 0.15) is 57.1 Å². The highest BCUT2D eigenvalue weighted by atomic mass is 16.6. The van der Waals surface area contributed by atoms with Crippen LogP contribution in [-0.2, 0) is 11.2 Å². The minimum absolute atomic E-state index is 0.0614. The highest BCUT2D eigenvalue weighted by Crippen LogP contribution is 2.33. The lowest BCUT2D eigenvalue weighted by molar-refractivity contribution is -0.384. The van der Waals surface area contributed by atoms with E-state index in [-0.39, 0.29) is 27.9 Å². The Kier molecular flexibility index (Phi) is 4.43. The van der Waals surface area contributed by atoms with Crippen molar-refractivity contribution in [2.75, 3.05) is 0 Å². The van der Waals surface area contributed by atoms with E-state index in [9.17, 15) is 14.9 Å². The zero-order valence-electron chi connectivity index (χ0n) is 14.3. The van der Waals surface area contributed by atoms with Gasteiger partial charge < -0.3 is 5.32 Å². The van der Waals surface area contributed by atoms with Crippen molar-refractivity contribution in [3.63, 3.8) is 0 Å². The molecule has 5 heteroatoms. The molecule has 1 heterocycles. The van der Waals surface area contributed by atoms with Crippen LogP contribution >= 0.6 is 0 Å². The smallest absolute Gasteiger partial charge is 0.270 e. The van der Waals surface area contributed by atoms with E-state index in [2.05, 4.69) is 19.2 Å². The largest absolute Gasteiger partial charge is 0.379 e. The van der Waals surface area contributed by atoms with Gasteiger partial charge in [0.05, 0.1) is 4.92 Å². The Morgan fingerprint density at radius 2 is 2.00 bits per heavy atom. The summed E-state index contributed by atoms with van der Waals surface area (Å²) in [5.74, 6) is 0.243. The molecule has 1 aliphatic carbocycles. The Bertz CT molecular complexity index is 701. The Morgan fingerprint density at radius 3 is 2.67 bits per heavy atom. The van der Waals surface area contributed by atoms with Gasteiger partial charge in [-0.25, -0.2) is 0 Å². The molecule has 3 rings (SSSR count). The third-order valence-corrected chi connectivity index (χ3v) is 4.99. The summed E-state index contributed by atoms with van der Waals surface area (Å²) in [6.45, 7) is 4.16. The summed E-state index contributed by atoms with van der Waals surface area (Å²) < 4.78 is 0. The number of nitro groups is 1. The number of allylic oxidation sites excluding steroid dienone is 1. The molecule has 5 nitrogen and oxygen atoms in total. The first kappa shape index (κ1) is 16.7. The van der Waals surface area contributed by atoms with Gasteiger partial charge in [-0.2, -0.15) is 0 Å². The van der Waals surface area contributed by atoms with Crippen molar-refractivity contribution in [2.45, 2.75) is 57.9 Å². The van der Waals surface area contributed by atoms with Crippen molar-refractivity contribution in [3.8, 4) is 0 Å². The molecule has 24 heavy (non-hydrogen) atoms. The Balaban J connectivity index is 1.97. The van der Waals surface area contributed by atoms with Gasteiger partial charge in [0.1, 0.15) is 0 Å². The van der Waals surface area contributed by atoms with Gasteiger partial charge in [-0.1, -0.05) is 25.3 Å². The molecule has 1 saturated carbocycles. The van der Waals surface area contributed by atoms with E-state index in [0.29, 0.717) is 0 Å². The highest BCUT2D eigenvalue weighted by Gasteiger charge is 2.30. The number of nitro benzene ring substituents is 1. The number of fused-ring (bicyclic) bond motifs is 1. The molecule has 1 aliphatic heterocycles. The number of ketones is 1. The summed E-state index contributed by atoms with van der Waals surface area (Å²) in [4.78, 5) is 23.4. The second-order valence-electron chi connectivity index (χ2n) is 7.58. The van der Waals surface area contributed by atoms with Crippen LogP contribution in [0.15, 0.2) is 24.3 Å². The number of hydrogen-bond donors (Lipinski definition) is 1. The zero-order chi connectivity index (χ0) is 17.3. The molecule has 1 aromatic carbocycles. The molecule has 0 spiro atoms. The first-order valence-corrected chi connectivity index (χ1v) is 8.67. The topological polar surface area (TPSA) is 72.2 Å². The molecule has 2 aliphatic rings. The normalized spacial score (nSPS) is 21.8. The maximum absolute atomic E-state index is 12.7. The summed E-state index contributed by atoms with van der Waals surface area (Å²) in [7, 11) is 0. The van der Waals surface area contributed by atoms with Gasteiger partial charge >= 0.3 is 0 Å². The van der Waals surface area contributed by atoms with E-state index in [1.54, 1.807) is 18.2 Å². The summed E-state index contributed by atoms with van der Waals surface area (Å²) in [5, 5.41) is 14.5. The van der Waals surface area contributed by atoms with Crippen molar-refractivity contribution >= 4 is 17.2 Å². The van der Waals surface area contributed by atoms with Gasteiger partial charge in [0.25, 0.3) is 5.69 Å². The predicted octanol–water partition coefficient (Wildman–Crippen LogP) is 4.01. The second-order valence-corrected chi connectivity index (χ2v) is 7.58. The van der Waals surface area contributed by atoms with Crippen LogP contribution in [0.2, 0.25) is 0 Å². The van der Waals surface area contributed by atoms with Gasteiger partial charge in [0.15, 0.2) is 5.78 Å². The predicted molar refractivity (Wildman–Crippen MR) is 93.6 cm³/mol. The minimum atomic E-state index is -0.388. The van der Waals surface area contributed by atoms with Crippen molar-refractivity contribution in [1.82, 2.24) is 5.32 Å². The maximum atomic E-state index is 12.7. The van der Waals surface area contributed by atoms with Crippen molar-refractivity contribution in [3.05, 3.63) is 45.5 Å². The molecule has 128 valence electrons. The van der Waals surface area contributed by atoms with Crippen molar-refractivity contribution in [1.29, 1.82) is 0 Å². The number of carbonyl (C=O) groups excluding carboxylic acids is 1. The highest BCUT2D eigenvalue weighted by molar-refractivity contribution is 5.98. The van der Waals surface area contributed by atoms with E-state index in [1.807, 2.05) is 6.07 Å². The molecule has 0 atom stereocenters. The lowest BCUT2D eigenvalue weighted by Gasteiger charge is -2.35.